The van der Waals surface area contributed by atoms with Gasteiger partial charge >= 0.3 is 0 Å². The Bertz CT molecular complexity index is 299. The van der Waals surface area contributed by atoms with Crippen LogP contribution in [0.15, 0.2) is 0 Å². The highest BCUT2D eigenvalue weighted by molar-refractivity contribution is 5.88. The number of alkyl halides is 2. The van der Waals surface area contributed by atoms with E-state index in [1.165, 1.54) is 11.8 Å². The van der Waals surface area contributed by atoms with Crippen molar-refractivity contribution in [2.45, 2.75) is 45.6 Å². The van der Waals surface area contributed by atoms with Gasteiger partial charge in [0.05, 0.1) is 6.04 Å². The first-order valence-corrected chi connectivity index (χ1v) is 5.45. The molecule has 5 heteroatoms. The molecule has 0 aliphatic carbocycles. The summed E-state index contributed by atoms with van der Waals surface area (Å²) in [5.41, 5.74) is 0. The molecule has 1 rings (SSSR count). The zero-order chi connectivity index (χ0) is 12.5. The van der Waals surface area contributed by atoms with E-state index < -0.39 is 17.9 Å². The number of amides is 1. The maximum atomic E-state index is 13.2. The molecule has 3 nitrogen and oxygen atoms in total. The van der Waals surface area contributed by atoms with Crippen molar-refractivity contribution in [1.82, 2.24) is 4.90 Å². The molecule has 0 bridgehead atoms. The van der Waals surface area contributed by atoms with Crippen LogP contribution in [0.25, 0.3) is 0 Å². The van der Waals surface area contributed by atoms with Crippen molar-refractivity contribution in [3.05, 3.63) is 0 Å². The summed E-state index contributed by atoms with van der Waals surface area (Å²) in [6, 6.07) is -0.664. The highest BCUT2D eigenvalue weighted by atomic mass is 19.3. The number of rotatable bonds is 3. The molecular formula is C11H17F2NO2. The van der Waals surface area contributed by atoms with E-state index in [0.717, 1.165) is 6.92 Å². The number of halogens is 2. The smallest absolute Gasteiger partial charge is 0.249 e. The van der Waals surface area contributed by atoms with Gasteiger partial charge in [0.25, 0.3) is 0 Å². The van der Waals surface area contributed by atoms with Crippen LogP contribution in [-0.2, 0) is 9.59 Å². The maximum Gasteiger partial charge on any atom is 0.249 e. The Kier molecular flexibility index (Phi) is 3.65. The van der Waals surface area contributed by atoms with Crippen LogP contribution >= 0.6 is 0 Å². The van der Waals surface area contributed by atoms with Crippen LogP contribution in [0.1, 0.15) is 33.6 Å². The number of Topliss-reactive ketones (excluding diaryl/α,β-unsaturated/α-hetero) is 1. The van der Waals surface area contributed by atoms with E-state index in [1.54, 1.807) is 6.92 Å². The number of hydrogen-bond acceptors (Lipinski definition) is 2. The molecule has 0 aromatic carbocycles. The van der Waals surface area contributed by atoms with Gasteiger partial charge in [-0.25, -0.2) is 8.78 Å². The summed E-state index contributed by atoms with van der Waals surface area (Å²) >= 11 is 0. The lowest BCUT2D eigenvalue weighted by Crippen LogP contribution is -2.39. The summed E-state index contributed by atoms with van der Waals surface area (Å²) in [6.45, 7) is 3.84. The average Bonchev–Trinajstić information content (AvgIpc) is 2.60. The van der Waals surface area contributed by atoms with Gasteiger partial charge in [-0.15, -0.1) is 0 Å². The van der Waals surface area contributed by atoms with Gasteiger partial charge in [-0.05, 0) is 20.3 Å². The summed E-state index contributed by atoms with van der Waals surface area (Å²) in [5, 5.41) is 0. The minimum atomic E-state index is -2.84. The SMILES string of the molecule is CCC(=O)N1C[C@H](C(C)(F)F)CC1C(C)=O. The van der Waals surface area contributed by atoms with Crippen molar-refractivity contribution < 1.29 is 18.4 Å². The third-order valence-electron chi connectivity index (χ3n) is 3.11. The molecule has 92 valence electrons. The Morgan fingerprint density at radius 1 is 1.44 bits per heavy atom. The molecule has 0 aromatic heterocycles. The Morgan fingerprint density at radius 3 is 2.38 bits per heavy atom. The van der Waals surface area contributed by atoms with Crippen molar-refractivity contribution >= 4 is 11.7 Å². The summed E-state index contributed by atoms with van der Waals surface area (Å²) in [6.07, 6.45) is 0.316. The molecule has 0 radical (unpaired) electrons. The Hall–Kier alpha value is -1.00. The van der Waals surface area contributed by atoms with E-state index in [0.29, 0.717) is 0 Å². The third-order valence-corrected chi connectivity index (χ3v) is 3.11. The molecule has 1 amide bonds. The second-order valence-corrected chi connectivity index (χ2v) is 4.42. The minimum Gasteiger partial charge on any atom is -0.332 e. The summed E-state index contributed by atoms with van der Waals surface area (Å²) < 4.78 is 26.3. The molecule has 1 fully saturated rings. The second kappa shape index (κ2) is 4.47. The lowest BCUT2D eigenvalue weighted by atomic mass is 9.98. The minimum absolute atomic E-state index is 0.0135. The number of likely N-dealkylation sites (tertiary alicyclic amines) is 1. The first-order chi connectivity index (χ1) is 7.27. The lowest BCUT2D eigenvalue weighted by Gasteiger charge is -2.22. The second-order valence-electron chi connectivity index (χ2n) is 4.42. The van der Waals surface area contributed by atoms with Crippen molar-refractivity contribution in [3.63, 3.8) is 0 Å². The highest BCUT2D eigenvalue weighted by Crippen LogP contribution is 2.35. The van der Waals surface area contributed by atoms with E-state index in [9.17, 15) is 18.4 Å². The molecule has 1 heterocycles. The molecule has 1 saturated heterocycles. The average molecular weight is 233 g/mol. The van der Waals surface area contributed by atoms with Gasteiger partial charge in [0.2, 0.25) is 11.8 Å². The topological polar surface area (TPSA) is 37.4 Å². The van der Waals surface area contributed by atoms with Gasteiger partial charge in [-0.3, -0.25) is 9.59 Å². The Labute approximate surface area is 93.8 Å². The molecule has 16 heavy (non-hydrogen) atoms. The third kappa shape index (κ3) is 2.57. The molecule has 0 aromatic rings. The molecule has 2 atom stereocenters. The lowest BCUT2D eigenvalue weighted by molar-refractivity contribution is -0.136. The number of carbonyl (C=O) groups is 2. The van der Waals surface area contributed by atoms with Gasteiger partial charge < -0.3 is 4.90 Å². The predicted molar refractivity (Wildman–Crippen MR) is 55.2 cm³/mol. The number of ketones is 1. The van der Waals surface area contributed by atoms with Crippen molar-refractivity contribution in [1.29, 1.82) is 0 Å². The van der Waals surface area contributed by atoms with E-state index in [-0.39, 0.29) is 31.1 Å². The van der Waals surface area contributed by atoms with Gasteiger partial charge in [-0.2, -0.15) is 0 Å². The van der Waals surface area contributed by atoms with E-state index in [2.05, 4.69) is 0 Å². The Morgan fingerprint density at radius 2 is 2.00 bits per heavy atom. The first-order valence-electron chi connectivity index (χ1n) is 5.45. The summed E-state index contributed by atoms with van der Waals surface area (Å²) in [5.74, 6) is -4.19. The fraction of sp³-hybridized carbons (Fsp3) is 0.818. The molecular weight excluding hydrogens is 216 g/mol. The monoisotopic (exact) mass is 233 g/mol. The molecule has 0 saturated carbocycles. The van der Waals surface area contributed by atoms with Crippen LogP contribution in [0.5, 0.6) is 0 Å². The zero-order valence-corrected chi connectivity index (χ0v) is 9.80. The van der Waals surface area contributed by atoms with Crippen LogP contribution in [0.3, 0.4) is 0 Å². The molecule has 1 aliphatic heterocycles. The number of carbonyl (C=O) groups excluding carboxylic acids is 2. The van der Waals surface area contributed by atoms with E-state index in [1.807, 2.05) is 0 Å². The fourth-order valence-electron chi connectivity index (χ4n) is 2.07. The predicted octanol–water partition coefficient (Wildman–Crippen LogP) is 1.86. The standard InChI is InChI=1S/C11H17F2NO2/c1-4-10(16)14-6-8(11(3,12)13)5-9(14)7(2)15/h8-9H,4-6H2,1-3H3/t8-,9?/m1/s1. The summed E-state index contributed by atoms with van der Waals surface area (Å²) in [4.78, 5) is 24.1. The van der Waals surface area contributed by atoms with Gasteiger partial charge in [0, 0.05) is 18.9 Å². The molecule has 0 spiro atoms. The van der Waals surface area contributed by atoms with Crippen LogP contribution in [0.2, 0.25) is 0 Å². The van der Waals surface area contributed by atoms with Gasteiger partial charge in [0.15, 0.2) is 5.78 Å². The quantitative estimate of drug-likeness (QED) is 0.746. The van der Waals surface area contributed by atoms with E-state index >= 15 is 0 Å². The molecule has 1 aliphatic rings. The van der Waals surface area contributed by atoms with Crippen LogP contribution in [0.4, 0.5) is 8.78 Å². The van der Waals surface area contributed by atoms with Crippen LogP contribution < -0.4 is 0 Å². The maximum absolute atomic E-state index is 13.2. The van der Waals surface area contributed by atoms with Crippen molar-refractivity contribution in [2.24, 2.45) is 5.92 Å². The highest BCUT2D eigenvalue weighted by Gasteiger charge is 2.46. The molecule has 1 unspecified atom stereocenters. The van der Waals surface area contributed by atoms with E-state index in [4.69, 9.17) is 0 Å². The van der Waals surface area contributed by atoms with Crippen LogP contribution in [-0.4, -0.2) is 35.1 Å². The largest absolute Gasteiger partial charge is 0.332 e. The number of hydrogen-bond donors (Lipinski definition) is 0. The Balaban J connectivity index is 2.84. The fourth-order valence-corrected chi connectivity index (χ4v) is 2.07. The first kappa shape index (κ1) is 13.1. The van der Waals surface area contributed by atoms with Crippen molar-refractivity contribution in [2.75, 3.05) is 6.54 Å². The van der Waals surface area contributed by atoms with Gasteiger partial charge in [-0.1, -0.05) is 6.92 Å². The molecule has 0 N–H and O–H groups in total. The summed E-state index contributed by atoms with van der Waals surface area (Å²) in [7, 11) is 0. The number of nitrogens with zero attached hydrogens (tertiary/aromatic N) is 1. The zero-order valence-electron chi connectivity index (χ0n) is 9.80. The van der Waals surface area contributed by atoms with Crippen LogP contribution in [0, 0.1) is 5.92 Å². The van der Waals surface area contributed by atoms with Crippen molar-refractivity contribution in [3.8, 4) is 0 Å². The normalized spacial score (nSPS) is 25.9. The van der Waals surface area contributed by atoms with Gasteiger partial charge in [0.1, 0.15) is 0 Å².